The fraction of sp³-hybridized carbons (Fsp3) is 0.200. The summed E-state index contributed by atoms with van der Waals surface area (Å²) in [7, 11) is 1.25. The van der Waals surface area contributed by atoms with E-state index in [0.717, 1.165) is 0 Å². The standard InChI is InChI=1S/C5H6N4O2/c1-11-4(10)3-2-7-5(6)9-8-3/h2H,1H3,(H2,6,7,9). The van der Waals surface area contributed by atoms with Crippen LogP contribution in [-0.4, -0.2) is 28.3 Å². The van der Waals surface area contributed by atoms with Crippen molar-refractivity contribution in [2.24, 2.45) is 0 Å². The monoisotopic (exact) mass is 154 g/mol. The fourth-order valence-corrected chi connectivity index (χ4v) is 0.482. The van der Waals surface area contributed by atoms with Gasteiger partial charge in [-0.3, -0.25) is 0 Å². The highest BCUT2D eigenvalue weighted by Gasteiger charge is 2.06. The number of esters is 1. The Hall–Kier alpha value is -1.72. The zero-order valence-electron chi connectivity index (χ0n) is 5.81. The molecule has 0 saturated heterocycles. The van der Waals surface area contributed by atoms with E-state index >= 15 is 0 Å². The van der Waals surface area contributed by atoms with Crippen LogP contribution in [0, 0.1) is 0 Å². The van der Waals surface area contributed by atoms with Crippen LogP contribution in [0.4, 0.5) is 5.95 Å². The van der Waals surface area contributed by atoms with Crippen LogP contribution in [0.5, 0.6) is 0 Å². The molecule has 0 aromatic carbocycles. The number of nitrogens with two attached hydrogens (primary N) is 1. The van der Waals surface area contributed by atoms with Crippen molar-refractivity contribution in [3.63, 3.8) is 0 Å². The minimum atomic E-state index is -0.579. The number of methoxy groups -OCH3 is 1. The maximum absolute atomic E-state index is 10.7. The molecular weight excluding hydrogens is 148 g/mol. The van der Waals surface area contributed by atoms with E-state index in [4.69, 9.17) is 5.73 Å². The van der Waals surface area contributed by atoms with Crippen molar-refractivity contribution >= 4 is 11.9 Å². The topological polar surface area (TPSA) is 91.0 Å². The van der Waals surface area contributed by atoms with E-state index in [0.29, 0.717) is 0 Å². The van der Waals surface area contributed by atoms with E-state index in [2.05, 4.69) is 19.9 Å². The number of ether oxygens (including phenoxy) is 1. The molecule has 2 N–H and O–H groups in total. The fourth-order valence-electron chi connectivity index (χ4n) is 0.482. The van der Waals surface area contributed by atoms with E-state index in [-0.39, 0.29) is 11.6 Å². The third kappa shape index (κ3) is 1.60. The van der Waals surface area contributed by atoms with Crippen molar-refractivity contribution in [2.45, 2.75) is 0 Å². The summed E-state index contributed by atoms with van der Waals surface area (Å²) >= 11 is 0. The second-order valence-corrected chi connectivity index (χ2v) is 1.69. The molecule has 11 heavy (non-hydrogen) atoms. The summed E-state index contributed by atoms with van der Waals surface area (Å²) in [6.45, 7) is 0. The first-order valence-electron chi connectivity index (χ1n) is 2.77. The van der Waals surface area contributed by atoms with Gasteiger partial charge in [-0.1, -0.05) is 0 Å². The second-order valence-electron chi connectivity index (χ2n) is 1.69. The number of aromatic nitrogens is 3. The molecule has 0 amide bonds. The summed E-state index contributed by atoms with van der Waals surface area (Å²) in [5.74, 6) is -0.553. The SMILES string of the molecule is COC(=O)c1cnc(N)nn1. The van der Waals surface area contributed by atoms with Crippen LogP contribution in [0.25, 0.3) is 0 Å². The number of carbonyl (C=O) groups excluding carboxylic acids is 1. The highest BCUT2D eigenvalue weighted by molar-refractivity contribution is 5.86. The molecule has 0 fully saturated rings. The van der Waals surface area contributed by atoms with Crippen LogP contribution in [0.3, 0.4) is 0 Å². The molecule has 0 saturated carbocycles. The van der Waals surface area contributed by atoms with Gasteiger partial charge in [-0.2, -0.15) is 0 Å². The number of anilines is 1. The second kappa shape index (κ2) is 2.91. The summed E-state index contributed by atoms with van der Waals surface area (Å²) in [6.07, 6.45) is 1.20. The van der Waals surface area contributed by atoms with E-state index in [1.165, 1.54) is 13.3 Å². The summed E-state index contributed by atoms with van der Waals surface area (Å²) in [4.78, 5) is 14.3. The first-order valence-corrected chi connectivity index (χ1v) is 2.77. The molecule has 0 bridgehead atoms. The van der Waals surface area contributed by atoms with Gasteiger partial charge in [0.2, 0.25) is 5.95 Å². The van der Waals surface area contributed by atoms with Gasteiger partial charge in [0.05, 0.1) is 13.3 Å². The highest BCUT2D eigenvalue weighted by atomic mass is 16.5. The van der Waals surface area contributed by atoms with E-state index in [1.54, 1.807) is 0 Å². The lowest BCUT2D eigenvalue weighted by molar-refractivity contribution is 0.0592. The minimum absolute atomic E-state index is 0.0256. The van der Waals surface area contributed by atoms with Crippen molar-refractivity contribution in [1.29, 1.82) is 0 Å². The van der Waals surface area contributed by atoms with Crippen molar-refractivity contribution in [1.82, 2.24) is 15.2 Å². The number of nitrogen functional groups attached to an aromatic ring is 1. The summed E-state index contributed by atoms with van der Waals surface area (Å²) in [5, 5.41) is 6.80. The molecule has 0 unspecified atom stereocenters. The van der Waals surface area contributed by atoms with Crippen molar-refractivity contribution in [3.05, 3.63) is 11.9 Å². The van der Waals surface area contributed by atoms with Gasteiger partial charge < -0.3 is 10.5 Å². The largest absolute Gasteiger partial charge is 0.464 e. The van der Waals surface area contributed by atoms with Gasteiger partial charge >= 0.3 is 5.97 Å². The smallest absolute Gasteiger partial charge is 0.360 e. The zero-order chi connectivity index (χ0) is 8.27. The molecule has 0 atom stereocenters. The lowest BCUT2D eigenvalue weighted by atomic mass is 10.5. The molecule has 0 spiro atoms. The predicted molar refractivity (Wildman–Crippen MR) is 35.6 cm³/mol. The first-order chi connectivity index (χ1) is 5.24. The third-order valence-corrected chi connectivity index (χ3v) is 0.974. The number of rotatable bonds is 1. The summed E-state index contributed by atoms with van der Waals surface area (Å²) < 4.78 is 4.35. The molecule has 0 aliphatic heterocycles. The van der Waals surface area contributed by atoms with Gasteiger partial charge in [0.15, 0.2) is 5.69 Å². The van der Waals surface area contributed by atoms with Gasteiger partial charge in [0, 0.05) is 0 Å². The summed E-state index contributed by atoms with van der Waals surface area (Å²) in [5.41, 5.74) is 5.17. The average Bonchev–Trinajstić information content (AvgIpc) is 2.05. The molecule has 6 heteroatoms. The van der Waals surface area contributed by atoms with Crippen LogP contribution < -0.4 is 5.73 Å². The molecule has 1 aromatic rings. The van der Waals surface area contributed by atoms with Crippen LogP contribution in [0.1, 0.15) is 10.5 Å². The van der Waals surface area contributed by atoms with Crippen molar-refractivity contribution in [3.8, 4) is 0 Å². The Morgan fingerprint density at radius 2 is 2.36 bits per heavy atom. The highest BCUT2D eigenvalue weighted by Crippen LogP contribution is 1.93. The Morgan fingerprint density at radius 1 is 1.64 bits per heavy atom. The van der Waals surface area contributed by atoms with Gasteiger partial charge in [-0.05, 0) is 0 Å². The lowest BCUT2D eigenvalue weighted by Gasteiger charge is -1.94. The predicted octanol–water partition coefficient (Wildman–Crippen LogP) is -0.760. The van der Waals surface area contributed by atoms with Gasteiger partial charge in [0.25, 0.3) is 0 Å². The van der Waals surface area contributed by atoms with E-state index in [9.17, 15) is 4.79 Å². The Bertz CT molecular complexity index is 258. The van der Waals surface area contributed by atoms with Gasteiger partial charge in [-0.25, -0.2) is 9.78 Å². The number of nitrogens with zero attached hydrogens (tertiary/aromatic N) is 3. The number of hydrogen-bond donors (Lipinski definition) is 1. The molecule has 1 rings (SSSR count). The van der Waals surface area contributed by atoms with Crippen LogP contribution in [0.15, 0.2) is 6.20 Å². The third-order valence-electron chi connectivity index (χ3n) is 0.974. The Kier molecular flexibility index (Phi) is 1.95. The molecule has 58 valence electrons. The van der Waals surface area contributed by atoms with Gasteiger partial charge in [-0.15, -0.1) is 10.2 Å². The number of carbonyl (C=O) groups is 1. The van der Waals surface area contributed by atoms with Crippen LogP contribution >= 0.6 is 0 Å². The average molecular weight is 154 g/mol. The minimum Gasteiger partial charge on any atom is -0.464 e. The van der Waals surface area contributed by atoms with Crippen LogP contribution in [-0.2, 0) is 4.74 Å². The molecule has 0 aliphatic carbocycles. The molecule has 1 aromatic heterocycles. The Balaban J connectivity index is 2.90. The molecule has 0 aliphatic rings. The van der Waals surface area contributed by atoms with Crippen molar-refractivity contribution < 1.29 is 9.53 Å². The van der Waals surface area contributed by atoms with E-state index < -0.39 is 5.97 Å². The van der Waals surface area contributed by atoms with Crippen LogP contribution in [0.2, 0.25) is 0 Å². The molecule has 0 radical (unpaired) electrons. The quantitative estimate of drug-likeness (QED) is 0.534. The molecule has 6 nitrogen and oxygen atoms in total. The van der Waals surface area contributed by atoms with E-state index in [1.807, 2.05) is 0 Å². The first kappa shape index (κ1) is 7.39. The summed E-state index contributed by atoms with van der Waals surface area (Å²) in [6, 6.07) is 0. The zero-order valence-corrected chi connectivity index (χ0v) is 5.81. The van der Waals surface area contributed by atoms with Gasteiger partial charge in [0.1, 0.15) is 0 Å². The maximum atomic E-state index is 10.7. The molecular formula is C5H6N4O2. The lowest BCUT2D eigenvalue weighted by Crippen LogP contribution is -2.07. The normalized spacial score (nSPS) is 9.18. The Morgan fingerprint density at radius 3 is 2.82 bits per heavy atom. The van der Waals surface area contributed by atoms with Crippen molar-refractivity contribution in [2.75, 3.05) is 12.8 Å². The number of hydrogen-bond acceptors (Lipinski definition) is 6. The molecule has 1 heterocycles. The maximum Gasteiger partial charge on any atom is 0.360 e. The Labute approximate surface area is 62.4 Å².